The molecule has 0 radical (unpaired) electrons. The summed E-state index contributed by atoms with van der Waals surface area (Å²) >= 11 is 0. The second kappa shape index (κ2) is 6.74. The van der Waals surface area contributed by atoms with Crippen LogP contribution < -0.4 is 10.6 Å². The summed E-state index contributed by atoms with van der Waals surface area (Å²) in [5.74, 6) is -0.366. The number of nitrogens with zero attached hydrogens (tertiary/aromatic N) is 2. The van der Waals surface area contributed by atoms with Crippen LogP contribution in [0.5, 0.6) is 0 Å². The molecule has 0 bridgehead atoms. The highest BCUT2D eigenvalue weighted by Gasteiger charge is 2.14. The highest BCUT2D eigenvalue weighted by Crippen LogP contribution is 2.22. The fourth-order valence-corrected chi connectivity index (χ4v) is 1.99. The van der Waals surface area contributed by atoms with Crippen molar-refractivity contribution in [3.05, 3.63) is 53.9 Å². The Morgan fingerprint density at radius 1 is 1.33 bits per heavy atom. The normalized spacial score (nSPS) is 10.2. The molecule has 1 aromatic carbocycles. The van der Waals surface area contributed by atoms with E-state index in [1.54, 1.807) is 24.5 Å². The zero-order chi connectivity index (χ0) is 15.2. The molecule has 0 aliphatic carbocycles. The molecule has 0 saturated carbocycles. The van der Waals surface area contributed by atoms with Gasteiger partial charge in [0, 0.05) is 38.6 Å². The predicted molar refractivity (Wildman–Crippen MR) is 83.4 cm³/mol. The molecule has 2 rings (SSSR count). The summed E-state index contributed by atoms with van der Waals surface area (Å²) in [5.41, 5.74) is 8.59. The third kappa shape index (κ3) is 3.95. The lowest BCUT2D eigenvalue weighted by Gasteiger charge is -2.17. The van der Waals surface area contributed by atoms with Crippen molar-refractivity contribution in [3.8, 4) is 0 Å². The van der Waals surface area contributed by atoms with Crippen LogP contribution in [0, 0.1) is 0 Å². The number of nitrogen functional groups attached to an aromatic ring is 1. The molecular weight excluding hydrogens is 266 g/mol. The number of anilines is 2. The zero-order valence-electron chi connectivity index (χ0n) is 12.2. The smallest absolute Gasteiger partial charge is 0.340 e. The predicted octanol–water partition coefficient (Wildman–Crippen LogP) is 2.13. The second-order valence-corrected chi connectivity index (χ2v) is 4.92. The van der Waals surface area contributed by atoms with Crippen molar-refractivity contribution in [1.82, 2.24) is 4.98 Å². The Morgan fingerprint density at radius 3 is 2.81 bits per heavy atom. The van der Waals surface area contributed by atoms with Gasteiger partial charge < -0.3 is 15.4 Å². The number of rotatable bonds is 5. The molecule has 110 valence electrons. The first kappa shape index (κ1) is 14.8. The van der Waals surface area contributed by atoms with Crippen LogP contribution >= 0.6 is 0 Å². The van der Waals surface area contributed by atoms with E-state index in [0.717, 1.165) is 11.3 Å². The number of nitrogens with two attached hydrogens (primary N) is 1. The van der Waals surface area contributed by atoms with Gasteiger partial charge in [0.25, 0.3) is 0 Å². The topological polar surface area (TPSA) is 68.5 Å². The van der Waals surface area contributed by atoms with Crippen LogP contribution in [0.2, 0.25) is 0 Å². The third-order valence-corrected chi connectivity index (χ3v) is 3.07. The summed E-state index contributed by atoms with van der Waals surface area (Å²) in [6, 6.07) is 9.03. The van der Waals surface area contributed by atoms with Gasteiger partial charge in [-0.05, 0) is 29.8 Å². The zero-order valence-corrected chi connectivity index (χ0v) is 12.2. The Labute approximate surface area is 124 Å². The molecule has 0 amide bonds. The Kier molecular flexibility index (Phi) is 4.77. The van der Waals surface area contributed by atoms with Gasteiger partial charge in [0.15, 0.2) is 0 Å². The highest BCUT2D eigenvalue weighted by atomic mass is 16.5. The first-order chi connectivity index (χ1) is 10.1. The van der Waals surface area contributed by atoms with Crippen molar-refractivity contribution in [3.63, 3.8) is 0 Å². The van der Waals surface area contributed by atoms with Gasteiger partial charge in [-0.1, -0.05) is 6.07 Å². The lowest BCUT2D eigenvalue weighted by molar-refractivity contribution is 0.0510. The van der Waals surface area contributed by atoms with Gasteiger partial charge >= 0.3 is 5.97 Å². The number of pyridine rings is 1. The van der Waals surface area contributed by atoms with Crippen molar-refractivity contribution in [2.24, 2.45) is 0 Å². The summed E-state index contributed by atoms with van der Waals surface area (Å²) in [7, 11) is 3.75. The van der Waals surface area contributed by atoms with E-state index in [4.69, 9.17) is 10.5 Å². The fourth-order valence-electron chi connectivity index (χ4n) is 1.99. The molecule has 0 aliphatic rings. The van der Waals surface area contributed by atoms with Gasteiger partial charge in [-0.25, -0.2) is 4.79 Å². The largest absolute Gasteiger partial charge is 0.462 e. The summed E-state index contributed by atoms with van der Waals surface area (Å²) < 4.78 is 5.33. The first-order valence-corrected chi connectivity index (χ1v) is 6.71. The molecular formula is C16H19N3O2. The SMILES string of the molecule is CN(C)c1ccc(N)cc1C(=O)OCCc1cccnc1. The van der Waals surface area contributed by atoms with Gasteiger partial charge in [0.05, 0.1) is 17.9 Å². The molecule has 2 aromatic rings. The first-order valence-electron chi connectivity index (χ1n) is 6.71. The Balaban J connectivity index is 2.02. The number of hydrogen-bond acceptors (Lipinski definition) is 5. The molecule has 1 heterocycles. The maximum absolute atomic E-state index is 12.2. The van der Waals surface area contributed by atoms with E-state index in [1.165, 1.54) is 0 Å². The van der Waals surface area contributed by atoms with E-state index >= 15 is 0 Å². The standard InChI is InChI=1S/C16H19N3O2/c1-19(2)15-6-5-13(17)10-14(15)16(20)21-9-7-12-4-3-8-18-11-12/h3-6,8,10-11H,7,9,17H2,1-2H3. The second-order valence-electron chi connectivity index (χ2n) is 4.92. The molecule has 0 aliphatic heterocycles. The summed E-state index contributed by atoms with van der Waals surface area (Å²) in [4.78, 5) is 18.1. The molecule has 0 atom stereocenters. The fraction of sp³-hybridized carbons (Fsp3) is 0.250. The monoisotopic (exact) mass is 285 g/mol. The van der Waals surface area contributed by atoms with Crippen LogP contribution in [-0.2, 0) is 11.2 Å². The maximum Gasteiger partial charge on any atom is 0.340 e. The Morgan fingerprint density at radius 2 is 2.14 bits per heavy atom. The minimum Gasteiger partial charge on any atom is -0.462 e. The minimum atomic E-state index is -0.366. The molecule has 1 aromatic heterocycles. The summed E-state index contributed by atoms with van der Waals surface area (Å²) in [6.07, 6.45) is 4.12. The van der Waals surface area contributed by atoms with Gasteiger partial charge in [-0.15, -0.1) is 0 Å². The number of carbonyl (C=O) groups excluding carboxylic acids is 1. The summed E-state index contributed by atoms with van der Waals surface area (Å²) in [6.45, 7) is 0.312. The third-order valence-electron chi connectivity index (χ3n) is 3.07. The molecule has 0 unspecified atom stereocenters. The molecule has 5 nitrogen and oxygen atoms in total. The van der Waals surface area contributed by atoms with Crippen molar-refractivity contribution < 1.29 is 9.53 Å². The van der Waals surface area contributed by atoms with E-state index in [0.29, 0.717) is 24.3 Å². The quantitative estimate of drug-likeness (QED) is 0.673. The van der Waals surface area contributed by atoms with Gasteiger partial charge in [0.1, 0.15) is 0 Å². The maximum atomic E-state index is 12.2. The number of ether oxygens (including phenoxy) is 1. The van der Waals surface area contributed by atoms with Crippen LogP contribution in [0.15, 0.2) is 42.7 Å². The van der Waals surface area contributed by atoms with E-state index in [9.17, 15) is 4.79 Å². The van der Waals surface area contributed by atoms with E-state index < -0.39 is 0 Å². The van der Waals surface area contributed by atoms with Crippen molar-refractivity contribution in [2.75, 3.05) is 31.3 Å². The minimum absolute atomic E-state index is 0.312. The van der Waals surface area contributed by atoms with E-state index in [-0.39, 0.29) is 5.97 Å². The van der Waals surface area contributed by atoms with Gasteiger partial charge in [0.2, 0.25) is 0 Å². The number of benzene rings is 1. The number of hydrogen-bond donors (Lipinski definition) is 1. The average molecular weight is 285 g/mol. The van der Waals surface area contributed by atoms with Crippen molar-refractivity contribution in [1.29, 1.82) is 0 Å². The van der Waals surface area contributed by atoms with Crippen LogP contribution in [0.4, 0.5) is 11.4 Å². The van der Waals surface area contributed by atoms with E-state index in [2.05, 4.69) is 4.98 Å². The number of carbonyl (C=O) groups is 1. The molecule has 0 fully saturated rings. The number of esters is 1. The van der Waals surface area contributed by atoms with Crippen molar-refractivity contribution >= 4 is 17.3 Å². The van der Waals surface area contributed by atoms with Crippen LogP contribution in [0.25, 0.3) is 0 Å². The highest BCUT2D eigenvalue weighted by molar-refractivity contribution is 5.96. The van der Waals surface area contributed by atoms with Crippen LogP contribution in [-0.4, -0.2) is 31.7 Å². The van der Waals surface area contributed by atoms with Crippen LogP contribution in [0.3, 0.4) is 0 Å². The summed E-state index contributed by atoms with van der Waals surface area (Å²) in [5, 5.41) is 0. The van der Waals surface area contributed by atoms with Crippen LogP contribution in [0.1, 0.15) is 15.9 Å². The van der Waals surface area contributed by atoms with E-state index in [1.807, 2.05) is 37.2 Å². The van der Waals surface area contributed by atoms with Crippen molar-refractivity contribution in [2.45, 2.75) is 6.42 Å². The van der Waals surface area contributed by atoms with Gasteiger partial charge in [-0.3, -0.25) is 4.98 Å². The molecule has 5 heteroatoms. The Bertz CT molecular complexity index is 612. The molecule has 21 heavy (non-hydrogen) atoms. The lowest BCUT2D eigenvalue weighted by atomic mass is 10.1. The molecule has 2 N–H and O–H groups in total. The van der Waals surface area contributed by atoms with Gasteiger partial charge in [-0.2, -0.15) is 0 Å². The number of aromatic nitrogens is 1. The molecule has 0 saturated heterocycles. The average Bonchev–Trinajstić information content (AvgIpc) is 2.47. The lowest BCUT2D eigenvalue weighted by Crippen LogP contribution is -2.16. The molecule has 0 spiro atoms. The Hall–Kier alpha value is -2.56.